The van der Waals surface area contributed by atoms with Crippen molar-refractivity contribution in [1.29, 1.82) is 0 Å². The van der Waals surface area contributed by atoms with Gasteiger partial charge >= 0.3 is 5.69 Å². The molecule has 0 bridgehead atoms. The molecule has 1 fully saturated rings. The molecule has 1 aliphatic rings. The van der Waals surface area contributed by atoms with Crippen LogP contribution >= 0.6 is 0 Å². The van der Waals surface area contributed by atoms with Crippen LogP contribution in [0.3, 0.4) is 0 Å². The molecular formula is C10H15N5O4. The minimum atomic E-state index is -0.534. The number of ether oxygens (including phenoxy) is 1. The lowest BCUT2D eigenvalue weighted by molar-refractivity contribution is -0.385. The maximum absolute atomic E-state index is 11.2. The Hall–Kier alpha value is -2.00. The number of aliphatic hydroxyl groups excluding tert-OH is 1. The highest BCUT2D eigenvalue weighted by Crippen LogP contribution is 2.31. The van der Waals surface area contributed by atoms with Crippen molar-refractivity contribution >= 4 is 17.5 Å². The van der Waals surface area contributed by atoms with E-state index in [-0.39, 0.29) is 42.4 Å². The van der Waals surface area contributed by atoms with Crippen molar-refractivity contribution in [2.24, 2.45) is 0 Å². The Morgan fingerprint density at radius 2 is 2.37 bits per heavy atom. The van der Waals surface area contributed by atoms with E-state index in [1.54, 1.807) is 4.90 Å². The predicted molar refractivity (Wildman–Crippen MR) is 66.9 cm³/mol. The van der Waals surface area contributed by atoms with Gasteiger partial charge in [-0.25, -0.2) is 4.98 Å². The fourth-order valence-corrected chi connectivity index (χ4v) is 2.07. The lowest BCUT2D eigenvalue weighted by Gasteiger charge is -2.35. The van der Waals surface area contributed by atoms with Crippen molar-refractivity contribution in [1.82, 2.24) is 9.97 Å². The van der Waals surface area contributed by atoms with Gasteiger partial charge in [-0.3, -0.25) is 10.1 Å². The summed E-state index contributed by atoms with van der Waals surface area (Å²) in [5, 5.41) is 20.5. The first-order chi connectivity index (χ1) is 9.04. The number of anilines is 2. The van der Waals surface area contributed by atoms with Crippen LogP contribution in [-0.2, 0) is 4.74 Å². The normalized spacial score (nSPS) is 19.5. The van der Waals surface area contributed by atoms with Crippen molar-refractivity contribution in [2.45, 2.75) is 13.0 Å². The van der Waals surface area contributed by atoms with Crippen LogP contribution in [0.15, 0.2) is 0 Å². The van der Waals surface area contributed by atoms with Crippen LogP contribution in [0.25, 0.3) is 0 Å². The Kier molecular flexibility index (Phi) is 3.76. The van der Waals surface area contributed by atoms with Gasteiger partial charge in [0.1, 0.15) is 5.69 Å². The molecule has 2 heterocycles. The molecule has 0 amide bonds. The van der Waals surface area contributed by atoms with Gasteiger partial charge in [-0.1, -0.05) is 0 Å². The molecule has 2 rings (SSSR count). The molecule has 1 aromatic rings. The van der Waals surface area contributed by atoms with Gasteiger partial charge in [0.15, 0.2) is 0 Å². The predicted octanol–water partition coefficient (Wildman–Crippen LogP) is -0.527. The molecule has 3 N–H and O–H groups in total. The van der Waals surface area contributed by atoms with Crippen LogP contribution < -0.4 is 10.6 Å². The Labute approximate surface area is 109 Å². The van der Waals surface area contributed by atoms with Crippen molar-refractivity contribution in [3.8, 4) is 0 Å². The number of aryl methyl sites for hydroxylation is 1. The number of aliphatic hydroxyl groups is 1. The summed E-state index contributed by atoms with van der Waals surface area (Å²) in [7, 11) is 0. The van der Waals surface area contributed by atoms with E-state index in [9.17, 15) is 15.2 Å². The molecule has 0 saturated carbocycles. The minimum absolute atomic E-state index is 0.0266. The number of rotatable bonds is 3. The molecule has 19 heavy (non-hydrogen) atoms. The second-order valence-electron chi connectivity index (χ2n) is 4.20. The van der Waals surface area contributed by atoms with Crippen molar-refractivity contribution < 1.29 is 14.8 Å². The van der Waals surface area contributed by atoms with Crippen LogP contribution in [0.2, 0.25) is 0 Å². The average molecular weight is 269 g/mol. The Bertz CT molecular complexity index is 495. The number of hydrogen-bond donors (Lipinski definition) is 2. The molecule has 0 aliphatic carbocycles. The third-order valence-electron chi connectivity index (χ3n) is 2.95. The first-order valence-corrected chi connectivity index (χ1v) is 5.78. The van der Waals surface area contributed by atoms with Crippen LogP contribution in [-0.4, -0.2) is 52.4 Å². The minimum Gasteiger partial charge on any atom is -0.394 e. The fraction of sp³-hybridized carbons (Fsp3) is 0.600. The van der Waals surface area contributed by atoms with Gasteiger partial charge in [-0.2, -0.15) is 4.98 Å². The van der Waals surface area contributed by atoms with Gasteiger partial charge in [-0.05, 0) is 6.92 Å². The molecule has 9 heteroatoms. The van der Waals surface area contributed by atoms with Crippen LogP contribution in [0.5, 0.6) is 0 Å². The van der Waals surface area contributed by atoms with Crippen LogP contribution in [0.4, 0.5) is 17.5 Å². The lowest BCUT2D eigenvalue weighted by Crippen LogP contribution is -2.48. The smallest absolute Gasteiger partial charge is 0.332 e. The first-order valence-electron chi connectivity index (χ1n) is 5.78. The lowest BCUT2D eigenvalue weighted by atomic mass is 10.2. The highest BCUT2D eigenvalue weighted by Gasteiger charge is 2.32. The summed E-state index contributed by atoms with van der Waals surface area (Å²) in [6.45, 7) is 2.43. The molecule has 1 aromatic heterocycles. The summed E-state index contributed by atoms with van der Waals surface area (Å²) in [6.07, 6.45) is 0. The number of nitrogens with zero attached hydrogens (tertiary/aromatic N) is 4. The summed E-state index contributed by atoms with van der Waals surface area (Å²) in [5.41, 5.74) is 5.58. The number of aromatic nitrogens is 2. The molecule has 1 atom stereocenters. The average Bonchev–Trinajstić information content (AvgIpc) is 2.37. The SMILES string of the molecule is Cc1nc(N)nc(N2CCOCC2CO)c1[N+](=O)[O-]. The summed E-state index contributed by atoms with van der Waals surface area (Å²) in [5.74, 6) is 0.110. The van der Waals surface area contributed by atoms with Gasteiger partial charge in [0, 0.05) is 6.54 Å². The van der Waals surface area contributed by atoms with E-state index in [1.165, 1.54) is 6.92 Å². The fourth-order valence-electron chi connectivity index (χ4n) is 2.07. The van der Waals surface area contributed by atoms with Crippen LogP contribution in [0.1, 0.15) is 5.69 Å². The summed E-state index contributed by atoms with van der Waals surface area (Å²) < 4.78 is 5.24. The molecule has 0 aromatic carbocycles. The summed E-state index contributed by atoms with van der Waals surface area (Å²) in [4.78, 5) is 20.0. The largest absolute Gasteiger partial charge is 0.394 e. The number of nitrogen functional groups attached to an aromatic ring is 1. The molecule has 1 aliphatic heterocycles. The van der Waals surface area contributed by atoms with Crippen molar-refractivity contribution in [3.05, 3.63) is 15.8 Å². The van der Waals surface area contributed by atoms with Gasteiger partial charge in [0.05, 0.1) is 30.8 Å². The molecular weight excluding hydrogens is 254 g/mol. The van der Waals surface area contributed by atoms with Gasteiger partial charge < -0.3 is 20.5 Å². The summed E-state index contributed by atoms with van der Waals surface area (Å²) >= 11 is 0. The molecule has 1 saturated heterocycles. The number of nitrogens with two attached hydrogens (primary N) is 1. The Morgan fingerprint density at radius 3 is 3.00 bits per heavy atom. The number of morpholine rings is 1. The quantitative estimate of drug-likeness (QED) is 0.553. The Morgan fingerprint density at radius 1 is 1.63 bits per heavy atom. The van der Waals surface area contributed by atoms with E-state index in [0.717, 1.165) is 0 Å². The van der Waals surface area contributed by atoms with Crippen molar-refractivity contribution in [2.75, 3.05) is 37.0 Å². The maximum atomic E-state index is 11.2. The molecule has 0 radical (unpaired) electrons. The van der Waals surface area contributed by atoms with E-state index in [4.69, 9.17) is 10.5 Å². The third-order valence-corrected chi connectivity index (χ3v) is 2.95. The zero-order valence-corrected chi connectivity index (χ0v) is 10.4. The highest BCUT2D eigenvalue weighted by atomic mass is 16.6. The summed E-state index contributed by atoms with van der Waals surface area (Å²) in [6, 6.07) is -0.374. The molecule has 1 unspecified atom stereocenters. The van der Waals surface area contributed by atoms with Gasteiger partial charge in [0.25, 0.3) is 0 Å². The third kappa shape index (κ3) is 2.56. The monoisotopic (exact) mass is 269 g/mol. The van der Waals surface area contributed by atoms with E-state index in [0.29, 0.717) is 13.2 Å². The molecule has 9 nitrogen and oxygen atoms in total. The molecule has 104 valence electrons. The van der Waals surface area contributed by atoms with Gasteiger partial charge in [0.2, 0.25) is 11.8 Å². The standard InChI is InChI=1S/C10H15N5O4/c1-6-8(15(17)18)9(13-10(11)12-6)14-2-3-19-5-7(14)4-16/h7,16H,2-5H2,1H3,(H2,11,12,13). The second-order valence-corrected chi connectivity index (χ2v) is 4.20. The van der Waals surface area contributed by atoms with Gasteiger partial charge in [-0.15, -0.1) is 0 Å². The zero-order valence-electron chi connectivity index (χ0n) is 10.4. The van der Waals surface area contributed by atoms with E-state index in [2.05, 4.69) is 9.97 Å². The number of nitro groups is 1. The maximum Gasteiger partial charge on any atom is 0.332 e. The number of hydrogen-bond acceptors (Lipinski definition) is 8. The van der Waals surface area contributed by atoms with Crippen molar-refractivity contribution in [3.63, 3.8) is 0 Å². The van der Waals surface area contributed by atoms with E-state index >= 15 is 0 Å². The zero-order chi connectivity index (χ0) is 14.0. The van der Waals surface area contributed by atoms with Crippen LogP contribution in [0, 0.1) is 17.0 Å². The second kappa shape index (κ2) is 5.33. The Balaban J connectivity index is 2.50. The highest BCUT2D eigenvalue weighted by molar-refractivity contribution is 5.62. The topological polar surface area (TPSA) is 128 Å². The van der Waals surface area contributed by atoms with E-state index in [1.807, 2.05) is 0 Å². The molecule has 0 spiro atoms. The van der Waals surface area contributed by atoms with E-state index < -0.39 is 4.92 Å². The first kappa shape index (κ1) is 13.4.